The number of nitrogens with two attached hydrogens (primary N) is 1. The van der Waals surface area contributed by atoms with E-state index in [2.05, 4.69) is 10.6 Å². The second-order valence-corrected chi connectivity index (χ2v) is 4.67. The highest BCUT2D eigenvalue weighted by molar-refractivity contribution is 6.01. The van der Waals surface area contributed by atoms with E-state index in [0.29, 0.717) is 36.6 Å². The molecule has 0 aromatic heterocycles. The summed E-state index contributed by atoms with van der Waals surface area (Å²) in [5.41, 5.74) is 6.57. The average Bonchev–Trinajstić information content (AvgIpc) is 2.82. The van der Waals surface area contributed by atoms with Crippen molar-refractivity contribution in [3.8, 4) is 5.75 Å². The van der Waals surface area contributed by atoms with E-state index in [0.717, 1.165) is 6.42 Å². The molecular weight excluding hydrogens is 258 g/mol. The quantitative estimate of drug-likeness (QED) is 0.690. The number of carbonyl (C=O) groups is 2. The van der Waals surface area contributed by atoms with Gasteiger partial charge in [-0.1, -0.05) is 6.07 Å². The third-order valence-electron chi connectivity index (χ3n) is 3.18. The number of hydrogen-bond donors (Lipinski definition) is 3. The molecule has 1 heterocycles. The molecule has 1 unspecified atom stereocenters. The number of ether oxygens (including phenoxy) is 1. The van der Waals surface area contributed by atoms with Gasteiger partial charge in [0.1, 0.15) is 11.3 Å². The van der Waals surface area contributed by atoms with E-state index in [1.54, 1.807) is 18.2 Å². The Kier molecular flexibility index (Phi) is 4.45. The standard InChI is InChI=1S/C14H19N3O3/c1-2-20-11-5-3-4-10(15)13(11)14(19)16-8-9-6-7-12(18)17-9/h3-5,9H,2,6-8,15H2,1H3,(H,16,19)(H,17,18). The van der Waals surface area contributed by atoms with Crippen molar-refractivity contribution in [1.82, 2.24) is 10.6 Å². The molecule has 1 aromatic carbocycles. The van der Waals surface area contributed by atoms with Gasteiger partial charge in [0.25, 0.3) is 5.91 Å². The second kappa shape index (κ2) is 6.27. The predicted octanol–water partition coefficient (Wildman–Crippen LogP) is 0.676. The number of rotatable bonds is 5. The van der Waals surface area contributed by atoms with Gasteiger partial charge in [-0.25, -0.2) is 0 Å². The van der Waals surface area contributed by atoms with Crippen LogP contribution in [0.15, 0.2) is 18.2 Å². The average molecular weight is 277 g/mol. The van der Waals surface area contributed by atoms with Crippen molar-refractivity contribution in [2.45, 2.75) is 25.8 Å². The van der Waals surface area contributed by atoms with Gasteiger partial charge in [-0.05, 0) is 25.5 Å². The zero-order valence-corrected chi connectivity index (χ0v) is 11.4. The summed E-state index contributed by atoms with van der Waals surface area (Å²) >= 11 is 0. The molecule has 0 spiro atoms. The lowest BCUT2D eigenvalue weighted by atomic mass is 10.1. The van der Waals surface area contributed by atoms with E-state index in [-0.39, 0.29) is 17.9 Å². The first-order chi connectivity index (χ1) is 9.61. The molecular formula is C14H19N3O3. The van der Waals surface area contributed by atoms with Crippen LogP contribution in [0.1, 0.15) is 30.1 Å². The number of benzene rings is 1. The summed E-state index contributed by atoms with van der Waals surface area (Å²) in [6.45, 7) is 2.70. The Morgan fingerprint density at radius 3 is 3.00 bits per heavy atom. The predicted molar refractivity (Wildman–Crippen MR) is 75.5 cm³/mol. The van der Waals surface area contributed by atoms with Gasteiger partial charge >= 0.3 is 0 Å². The maximum absolute atomic E-state index is 12.2. The maximum Gasteiger partial charge on any atom is 0.257 e. The summed E-state index contributed by atoms with van der Waals surface area (Å²) in [5.74, 6) is 0.214. The topological polar surface area (TPSA) is 93.4 Å². The fraction of sp³-hybridized carbons (Fsp3) is 0.429. The van der Waals surface area contributed by atoms with Crippen molar-refractivity contribution in [3.63, 3.8) is 0 Å². The number of nitrogen functional groups attached to an aromatic ring is 1. The van der Waals surface area contributed by atoms with E-state index >= 15 is 0 Å². The first kappa shape index (κ1) is 14.2. The highest BCUT2D eigenvalue weighted by Gasteiger charge is 2.22. The number of amides is 2. The van der Waals surface area contributed by atoms with Crippen LogP contribution < -0.4 is 21.1 Å². The minimum atomic E-state index is -0.285. The lowest BCUT2D eigenvalue weighted by molar-refractivity contribution is -0.119. The van der Waals surface area contributed by atoms with Crippen LogP contribution in [0.5, 0.6) is 5.75 Å². The van der Waals surface area contributed by atoms with Gasteiger partial charge in [-0.3, -0.25) is 9.59 Å². The van der Waals surface area contributed by atoms with Gasteiger partial charge in [-0.2, -0.15) is 0 Å². The van der Waals surface area contributed by atoms with E-state index < -0.39 is 0 Å². The molecule has 6 nitrogen and oxygen atoms in total. The van der Waals surface area contributed by atoms with E-state index in [4.69, 9.17) is 10.5 Å². The molecule has 2 amide bonds. The molecule has 1 atom stereocenters. The molecule has 4 N–H and O–H groups in total. The zero-order chi connectivity index (χ0) is 14.5. The zero-order valence-electron chi connectivity index (χ0n) is 11.4. The highest BCUT2D eigenvalue weighted by atomic mass is 16.5. The molecule has 1 saturated heterocycles. The number of anilines is 1. The maximum atomic E-state index is 12.2. The molecule has 1 aromatic rings. The molecule has 0 radical (unpaired) electrons. The Balaban J connectivity index is 2.03. The largest absolute Gasteiger partial charge is 0.493 e. The van der Waals surface area contributed by atoms with Crippen LogP contribution in [0.25, 0.3) is 0 Å². The van der Waals surface area contributed by atoms with Crippen molar-refractivity contribution in [1.29, 1.82) is 0 Å². The minimum absolute atomic E-state index is 0.00747. The Morgan fingerprint density at radius 1 is 1.55 bits per heavy atom. The van der Waals surface area contributed by atoms with Gasteiger partial charge in [0.2, 0.25) is 5.91 Å². The fourth-order valence-electron chi connectivity index (χ4n) is 2.20. The molecule has 1 fully saturated rings. The van der Waals surface area contributed by atoms with Crippen LogP contribution in [-0.4, -0.2) is 31.0 Å². The second-order valence-electron chi connectivity index (χ2n) is 4.67. The molecule has 2 rings (SSSR count). The lowest BCUT2D eigenvalue weighted by Crippen LogP contribution is -2.38. The van der Waals surface area contributed by atoms with E-state index in [9.17, 15) is 9.59 Å². The molecule has 0 aliphatic carbocycles. The summed E-state index contributed by atoms with van der Waals surface area (Å²) in [4.78, 5) is 23.3. The highest BCUT2D eigenvalue weighted by Crippen LogP contribution is 2.24. The molecule has 1 aliphatic rings. The fourth-order valence-corrected chi connectivity index (χ4v) is 2.20. The molecule has 0 bridgehead atoms. The first-order valence-electron chi connectivity index (χ1n) is 6.70. The lowest BCUT2D eigenvalue weighted by Gasteiger charge is -2.15. The van der Waals surface area contributed by atoms with Crippen LogP contribution in [0, 0.1) is 0 Å². The van der Waals surface area contributed by atoms with Crippen molar-refractivity contribution < 1.29 is 14.3 Å². The van der Waals surface area contributed by atoms with Crippen molar-refractivity contribution in [2.24, 2.45) is 0 Å². The number of carbonyl (C=O) groups excluding carboxylic acids is 2. The Bertz CT molecular complexity index is 516. The number of hydrogen-bond acceptors (Lipinski definition) is 4. The molecule has 0 saturated carbocycles. The normalized spacial score (nSPS) is 17.6. The minimum Gasteiger partial charge on any atom is -0.493 e. The van der Waals surface area contributed by atoms with Gasteiger partial charge < -0.3 is 21.1 Å². The molecule has 108 valence electrons. The van der Waals surface area contributed by atoms with Crippen LogP contribution >= 0.6 is 0 Å². The van der Waals surface area contributed by atoms with Crippen molar-refractivity contribution in [3.05, 3.63) is 23.8 Å². The van der Waals surface area contributed by atoms with Gasteiger partial charge in [-0.15, -0.1) is 0 Å². The summed E-state index contributed by atoms with van der Waals surface area (Å²) < 4.78 is 5.42. The molecule has 1 aliphatic heterocycles. The van der Waals surface area contributed by atoms with Crippen LogP contribution in [0.4, 0.5) is 5.69 Å². The van der Waals surface area contributed by atoms with Gasteiger partial charge in [0, 0.05) is 24.7 Å². The summed E-state index contributed by atoms with van der Waals surface area (Å²) in [5, 5.41) is 5.59. The first-order valence-corrected chi connectivity index (χ1v) is 6.70. The third-order valence-corrected chi connectivity index (χ3v) is 3.18. The van der Waals surface area contributed by atoms with E-state index in [1.807, 2.05) is 6.92 Å². The number of nitrogens with one attached hydrogen (secondary N) is 2. The van der Waals surface area contributed by atoms with Crippen molar-refractivity contribution >= 4 is 17.5 Å². The van der Waals surface area contributed by atoms with Crippen LogP contribution in [-0.2, 0) is 4.79 Å². The third kappa shape index (κ3) is 3.20. The summed E-state index contributed by atoms with van der Waals surface area (Å²) in [6, 6.07) is 5.11. The smallest absolute Gasteiger partial charge is 0.257 e. The van der Waals surface area contributed by atoms with Gasteiger partial charge in [0.05, 0.1) is 6.61 Å². The summed E-state index contributed by atoms with van der Waals surface area (Å²) in [7, 11) is 0. The van der Waals surface area contributed by atoms with Crippen molar-refractivity contribution in [2.75, 3.05) is 18.9 Å². The van der Waals surface area contributed by atoms with Crippen LogP contribution in [0.3, 0.4) is 0 Å². The molecule has 20 heavy (non-hydrogen) atoms. The van der Waals surface area contributed by atoms with E-state index in [1.165, 1.54) is 0 Å². The Hall–Kier alpha value is -2.24. The van der Waals surface area contributed by atoms with Crippen LogP contribution in [0.2, 0.25) is 0 Å². The monoisotopic (exact) mass is 277 g/mol. The Morgan fingerprint density at radius 2 is 2.35 bits per heavy atom. The SMILES string of the molecule is CCOc1cccc(N)c1C(=O)NCC1CCC(=O)N1. The molecule has 6 heteroatoms. The summed E-state index contributed by atoms with van der Waals surface area (Å²) in [6.07, 6.45) is 1.25. The Labute approximate surface area is 117 Å². The van der Waals surface area contributed by atoms with Gasteiger partial charge in [0.15, 0.2) is 0 Å².